The second-order valence-corrected chi connectivity index (χ2v) is 5.77. The van der Waals surface area contributed by atoms with Crippen LogP contribution in [0.1, 0.15) is 36.8 Å². The fourth-order valence-corrected chi connectivity index (χ4v) is 2.91. The van der Waals surface area contributed by atoms with Crippen LogP contribution in [0, 0.1) is 6.92 Å². The van der Waals surface area contributed by atoms with E-state index in [2.05, 4.69) is 20.5 Å². The first-order valence-corrected chi connectivity index (χ1v) is 7.58. The van der Waals surface area contributed by atoms with Crippen LogP contribution >= 0.6 is 0 Å². The summed E-state index contributed by atoms with van der Waals surface area (Å²) in [7, 11) is 1.82. The van der Waals surface area contributed by atoms with E-state index in [1.807, 2.05) is 20.0 Å². The van der Waals surface area contributed by atoms with Gasteiger partial charge in [-0.1, -0.05) is 11.6 Å². The molecule has 1 atom stereocenters. The number of anilines is 1. The number of aryl methyl sites for hydroxylation is 2. The average Bonchev–Trinajstić information content (AvgIpc) is 3.08. The summed E-state index contributed by atoms with van der Waals surface area (Å²) in [5.74, 6) is 1.34. The van der Waals surface area contributed by atoms with Crippen molar-refractivity contribution in [2.75, 3.05) is 18.4 Å². The number of carbonyl (C=O) groups excluding carboxylic acids is 1. The maximum atomic E-state index is 12.2. The molecule has 118 valence electrons. The molecule has 3 rings (SSSR count). The molecule has 1 fully saturated rings. The average molecular weight is 303 g/mol. The van der Waals surface area contributed by atoms with Crippen molar-refractivity contribution in [3.63, 3.8) is 0 Å². The summed E-state index contributed by atoms with van der Waals surface area (Å²) < 4.78 is 6.84. The summed E-state index contributed by atoms with van der Waals surface area (Å²) in [6.07, 6.45) is 5.06. The van der Waals surface area contributed by atoms with Crippen LogP contribution in [-0.4, -0.2) is 38.8 Å². The predicted molar refractivity (Wildman–Crippen MR) is 81.2 cm³/mol. The van der Waals surface area contributed by atoms with Gasteiger partial charge in [0.05, 0.1) is 12.6 Å². The van der Waals surface area contributed by atoms with Gasteiger partial charge in [0.1, 0.15) is 11.5 Å². The highest BCUT2D eigenvalue weighted by Crippen LogP contribution is 2.30. The van der Waals surface area contributed by atoms with Crippen molar-refractivity contribution >= 4 is 11.7 Å². The molecule has 1 saturated heterocycles. The quantitative estimate of drug-likeness (QED) is 0.933. The molecule has 1 amide bonds. The number of nitrogens with one attached hydrogen (secondary N) is 1. The Morgan fingerprint density at radius 2 is 2.36 bits per heavy atom. The molecule has 0 saturated carbocycles. The van der Waals surface area contributed by atoms with Crippen molar-refractivity contribution in [1.82, 2.24) is 19.8 Å². The van der Waals surface area contributed by atoms with Gasteiger partial charge in [0, 0.05) is 25.4 Å². The SMILES string of the molecule is Cc1cc([C@H]2CCCCN2CC(=O)Nc2ccn(C)n2)no1. The second-order valence-electron chi connectivity index (χ2n) is 5.77. The van der Waals surface area contributed by atoms with Crippen molar-refractivity contribution in [3.8, 4) is 0 Å². The van der Waals surface area contributed by atoms with Crippen LogP contribution in [0.4, 0.5) is 5.82 Å². The van der Waals surface area contributed by atoms with Gasteiger partial charge in [-0.15, -0.1) is 0 Å². The lowest BCUT2D eigenvalue weighted by molar-refractivity contribution is -0.118. The van der Waals surface area contributed by atoms with Crippen molar-refractivity contribution in [3.05, 3.63) is 29.8 Å². The number of carbonyl (C=O) groups is 1. The zero-order valence-electron chi connectivity index (χ0n) is 13.0. The van der Waals surface area contributed by atoms with Gasteiger partial charge in [-0.25, -0.2) is 0 Å². The topological polar surface area (TPSA) is 76.2 Å². The molecule has 3 heterocycles. The summed E-state index contributed by atoms with van der Waals surface area (Å²) in [5, 5.41) is 11.1. The summed E-state index contributed by atoms with van der Waals surface area (Å²) >= 11 is 0. The minimum absolute atomic E-state index is 0.0502. The third-order valence-electron chi connectivity index (χ3n) is 3.93. The highest BCUT2D eigenvalue weighted by Gasteiger charge is 2.28. The van der Waals surface area contributed by atoms with Gasteiger partial charge in [-0.2, -0.15) is 5.10 Å². The van der Waals surface area contributed by atoms with E-state index < -0.39 is 0 Å². The molecule has 0 radical (unpaired) electrons. The maximum absolute atomic E-state index is 12.2. The van der Waals surface area contributed by atoms with E-state index in [0.717, 1.165) is 37.3 Å². The minimum Gasteiger partial charge on any atom is -0.361 e. The summed E-state index contributed by atoms with van der Waals surface area (Å²) in [4.78, 5) is 14.4. The Balaban J connectivity index is 1.64. The standard InChI is InChI=1S/C15H21N5O2/c1-11-9-12(18-22-11)13-5-3-4-7-20(13)10-15(21)16-14-6-8-19(2)17-14/h6,8-9,13H,3-5,7,10H2,1-2H3,(H,16,17,21)/t13-/m1/s1. The van der Waals surface area contributed by atoms with Gasteiger partial charge in [0.2, 0.25) is 5.91 Å². The largest absolute Gasteiger partial charge is 0.361 e. The first-order chi connectivity index (χ1) is 10.6. The van der Waals surface area contributed by atoms with E-state index in [1.165, 1.54) is 0 Å². The smallest absolute Gasteiger partial charge is 0.239 e. The van der Waals surface area contributed by atoms with E-state index in [4.69, 9.17) is 4.52 Å². The monoisotopic (exact) mass is 303 g/mol. The van der Waals surface area contributed by atoms with E-state index in [-0.39, 0.29) is 11.9 Å². The Bertz CT molecular complexity index is 648. The van der Waals surface area contributed by atoms with Crippen LogP contribution in [0.5, 0.6) is 0 Å². The van der Waals surface area contributed by atoms with Crippen molar-refractivity contribution in [2.24, 2.45) is 7.05 Å². The zero-order chi connectivity index (χ0) is 15.5. The van der Waals surface area contributed by atoms with Gasteiger partial charge in [0.25, 0.3) is 0 Å². The maximum Gasteiger partial charge on any atom is 0.239 e. The van der Waals surface area contributed by atoms with Crippen LogP contribution in [0.25, 0.3) is 0 Å². The van der Waals surface area contributed by atoms with Crippen LogP contribution in [0.15, 0.2) is 22.9 Å². The highest BCUT2D eigenvalue weighted by molar-refractivity contribution is 5.91. The van der Waals surface area contributed by atoms with E-state index in [0.29, 0.717) is 12.4 Å². The Morgan fingerprint density at radius 3 is 3.05 bits per heavy atom. The molecule has 2 aromatic heterocycles. The Kier molecular flexibility index (Phi) is 4.24. The first-order valence-electron chi connectivity index (χ1n) is 7.58. The summed E-state index contributed by atoms with van der Waals surface area (Å²) in [6, 6.07) is 3.90. The minimum atomic E-state index is -0.0502. The van der Waals surface area contributed by atoms with Crippen LogP contribution in [0.2, 0.25) is 0 Å². The van der Waals surface area contributed by atoms with E-state index >= 15 is 0 Å². The Labute approximate surface area is 129 Å². The zero-order valence-corrected chi connectivity index (χ0v) is 13.0. The van der Waals surface area contributed by atoms with Crippen molar-refractivity contribution in [1.29, 1.82) is 0 Å². The molecule has 0 unspecified atom stereocenters. The Hall–Kier alpha value is -2.15. The second kappa shape index (κ2) is 6.31. The first kappa shape index (κ1) is 14.8. The van der Waals surface area contributed by atoms with Crippen molar-refractivity contribution < 1.29 is 9.32 Å². The number of hydrogen-bond donors (Lipinski definition) is 1. The van der Waals surface area contributed by atoms with E-state index in [9.17, 15) is 4.79 Å². The number of piperidine rings is 1. The molecule has 0 aliphatic carbocycles. The van der Waals surface area contributed by atoms with Gasteiger partial charge >= 0.3 is 0 Å². The van der Waals surface area contributed by atoms with Crippen LogP contribution in [0.3, 0.4) is 0 Å². The van der Waals surface area contributed by atoms with Gasteiger partial charge in [-0.05, 0) is 26.3 Å². The molecule has 0 aromatic carbocycles. The summed E-state index contributed by atoms with van der Waals surface area (Å²) in [5.41, 5.74) is 0.919. The lowest BCUT2D eigenvalue weighted by atomic mass is 9.99. The highest BCUT2D eigenvalue weighted by atomic mass is 16.5. The van der Waals surface area contributed by atoms with Crippen LogP contribution < -0.4 is 5.32 Å². The third kappa shape index (κ3) is 3.36. The number of nitrogens with zero attached hydrogens (tertiary/aromatic N) is 4. The van der Waals surface area contributed by atoms with Gasteiger partial charge in [-0.3, -0.25) is 14.4 Å². The van der Waals surface area contributed by atoms with Crippen molar-refractivity contribution in [2.45, 2.75) is 32.2 Å². The molecule has 0 spiro atoms. The molecule has 0 bridgehead atoms. The fraction of sp³-hybridized carbons (Fsp3) is 0.533. The molecule has 1 aliphatic heterocycles. The molecule has 22 heavy (non-hydrogen) atoms. The number of amides is 1. The molecule has 7 heteroatoms. The number of hydrogen-bond acceptors (Lipinski definition) is 5. The number of aromatic nitrogens is 3. The molecule has 2 aromatic rings. The lowest BCUT2D eigenvalue weighted by Crippen LogP contribution is -2.39. The molecule has 1 aliphatic rings. The predicted octanol–water partition coefficient (Wildman–Crippen LogP) is 1.88. The Morgan fingerprint density at radius 1 is 1.50 bits per heavy atom. The molecule has 1 N–H and O–H groups in total. The van der Waals surface area contributed by atoms with Gasteiger partial charge < -0.3 is 9.84 Å². The lowest BCUT2D eigenvalue weighted by Gasteiger charge is -2.33. The molecular formula is C15H21N5O2. The number of rotatable bonds is 4. The molecule has 7 nitrogen and oxygen atoms in total. The van der Waals surface area contributed by atoms with Gasteiger partial charge in [0.15, 0.2) is 5.82 Å². The molecular weight excluding hydrogens is 282 g/mol. The summed E-state index contributed by atoms with van der Waals surface area (Å²) in [6.45, 7) is 3.12. The number of likely N-dealkylation sites (tertiary alicyclic amines) is 1. The third-order valence-corrected chi connectivity index (χ3v) is 3.93. The van der Waals surface area contributed by atoms with E-state index in [1.54, 1.807) is 16.9 Å². The fourth-order valence-electron chi connectivity index (χ4n) is 2.91. The van der Waals surface area contributed by atoms with Crippen LogP contribution in [-0.2, 0) is 11.8 Å². The normalized spacial score (nSPS) is 19.3.